The predicted octanol–water partition coefficient (Wildman–Crippen LogP) is 6.62. The summed E-state index contributed by atoms with van der Waals surface area (Å²) in [5.74, 6) is -8.41. The lowest BCUT2D eigenvalue weighted by Crippen LogP contribution is -2.70. The molecule has 0 spiro atoms. The third-order valence-corrected chi connectivity index (χ3v) is 20.0. The van der Waals surface area contributed by atoms with E-state index in [1.807, 2.05) is 6.08 Å². The minimum atomic E-state index is -1.94. The molecule has 478 valence electrons. The van der Waals surface area contributed by atoms with E-state index >= 15 is 4.79 Å². The van der Waals surface area contributed by atoms with Crippen LogP contribution in [-0.2, 0) is 100 Å². The molecular formula is C61H93N3O21. The summed E-state index contributed by atoms with van der Waals surface area (Å²) in [4.78, 5) is 136. The van der Waals surface area contributed by atoms with Crippen molar-refractivity contribution in [2.75, 3.05) is 0 Å². The molecular weight excluding hydrogens is 1110 g/mol. The highest BCUT2D eigenvalue weighted by atomic mass is 16.8. The minimum absolute atomic E-state index is 0.0572. The number of hydrogen-bond donors (Lipinski definition) is 3. The zero-order valence-corrected chi connectivity index (χ0v) is 52.8. The van der Waals surface area contributed by atoms with E-state index in [1.54, 1.807) is 41.5 Å². The van der Waals surface area contributed by atoms with Crippen molar-refractivity contribution in [3.63, 3.8) is 0 Å². The molecule has 2 aliphatic heterocycles. The van der Waals surface area contributed by atoms with Crippen molar-refractivity contribution in [3.05, 3.63) is 11.6 Å². The van der Waals surface area contributed by atoms with Crippen molar-refractivity contribution in [1.82, 2.24) is 16.4 Å². The number of hydroxylamine groups is 3. The topological polar surface area (TPSA) is 300 Å². The van der Waals surface area contributed by atoms with Gasteiger partial charge in [-0.3, -0.25) is 43.2 Å². The van der Waals surface area contributed by atoms with Gasteiger partial charge >= 0.3 is 47.8 Å². The van der Waals surface area contributed by atoms with Gasteiger partial charge in [-0.05, 0) is 110 Å². The number of fused-ring (bicyclic) bond motifs is 7. The molecule has 0 aromatic carbocycles. The van der Waals surface area contributed by atoms with Gasteiger partial charge < -0.3 is 57.1 Å². The minimum Gasteiger partial charge on any atom is -0.455 e. The maximum atomic E-state index is 15.5. The fourth-order valence-electron chi connectivity index (χ4n) is 15.4. The Morgan fingerprint density at radius 1 is 0.529 bits per heavy atom. The largest absolute Gasteiger partial charge is 0.455 e. The van der Waals surface area contributed by atoms with E-state index in [9.17, 15) is 38.4 Å². The third kappa shape index (κ3) is 13.6. The summed E-state index contributed by atoms with van der Waals surface area (Å²) in [5.41, 5.74) is 6.65. The van der Waals surface area contributed by atoms with Crippen molar-refractivity contribution in [1.29, 1.82) is 0 Å². The molecule has 19 atom stereocenters. The Morgan fingerprint density at radius 3 is 1.47 bits per heavy atom. The molecule has 0 bridgehead atoms. The van der Waals surface area contributed by atoms with E-state index in [0.29, 0.717) is 32.1 Å². The van der Waals surface area contributed by atoms with Gasteiger partial charge in [-0.2, -0.15) is 0 Å². The Bertz CT molecular complexity index is 2610. The second kappa shape index (κ2) is 25.5. The summed E-state index contributed by atoms with van der Waals surface area (Å²) in [6.45, 7) is 30.7. The lowest BCUT2D eigenvalue weighted by atomic mass is 9.33. The molecule has 0 aromatic rings. The average molecular weight is 1200 g/mol. The maximum absolute atomic E-state index is 15.5. The van der Waals surface area contributed by atoms with E-state index in [-0.39, 0.29) is 46.3 Å². The van der Waals surface area contributed by atoms with Gasteiger partial charge in [0.05, 0.1) is 29.4 Å². The first-order chi connectivity index (χ1) is 39.4. The number of rotatable bonds is 18. The van der Waals surface area contributed by atoms with Gasteiger partial charge in [0, 0.05) is 40.5 Å². The first-order valence-corrected chi connectivity index (χ1v) is 30.1. The van der Waals surface area contributed by atoms with Crippen molar-refractivity contribution < 1.29 is 100 Å². The van der Waals surface area contributed by atoms with E-state index in [0.717, 1.165) is 60.3 Å². The molecule has 0 radical (unpaired) electrons. The van der Waals surface area contributed by atoms with Gasteiger partial charge in [0.25, 0.3) is 0 Å². The first kappa shape index (κ1) is 67.4. The number of allylic oxidation sites excluding steroid dienone is 2. The van der Waals surface area contributed by atoms with Crippen LogP contribution >= 0.6 is 0 Å². The molecule has 2 unspecified atom stereocenters. The highest BCUT2D eigenvalue weighted by Crippen LogP contribution is 2.75. The molecule has 2 heterocycles. The standard InChI is InChI=1S/C61H93N3O21/c1-29(2)51(71)83-62-49-45(77-35(10)68)43(75-33(8)66)47(80-55-46(78-36(11)69)42(74-32(7)65)44(76-34(9)67)50(82-55)63-84-52(72)30(3)4)54(81-49)79-41-20-21-59(16)40(56(41,12)13)19-22-61(18)48(59)39(70)27-37-38-28-58(15,64-85-53(73)31(5)6)25-23-57(38,14)24-26-60(37,61)17/h27,29-31,38,40-50,54-55,62-64H,19-26,28H2,1-18H3/t38-,40-,41-,42-,43-,44-,45-,46+,47+,48+,49?,50?,54+,55+,57+,58-,59-,60+,61+/m0/s1. The van der Waals surface area contributed by atoms with E-state index in [4.69, 9.17) is 57.1 Å². The maximum Gasteiger partial charge on any atom is 0.327 e. The molecule has 85 heavy (non-hydrogen) atoms. The quantitative estimate of drug-likeness (QED) is 0.0562. The second-order valence-corrected chi connectivity index (χ2v) is 27.6. The summed E-state index contributed by atoms with van der Waals surface area (Å²) >= 11 is 0. The monoisotopic (exact) mass is 1200 g/mol. The van der Waals surface area contributed by atoms with Gasteiger partial charge in [0.1, 0.15) is 0 Å². The van der Waals surface area contributed by atoms with Crippen LogP contribution in [0.2, 0.25) is 0 Å². The Balaban J connectivity index is 1.28. The molecule has 7 aliphatic rings. The highest BCUT2D eigenvalue weighted by Gasteiger charge is 2.71. The highest BCUT2D eigenvalue weighted by molar-refractivity contribution is 5.95. The molecule has 0 aromatic heterocycles. The molecule has 3 N–H and O–H groups in total. The van der Waals surface area contributed by atoms with Crippen molar-refractivity contribution in [2.45, 2.75) is 256 Å². The van der Waals surface area contributed by atoms with E-state index in [1.165, 1.54) is 5.57 Å². The van der Waals surface area contributed by atoms with Crippen LogP contribution in [0.4, 0.5) is 0 Å². The van der Waals surface area contributed by atoms with Crippen LogP contribution in [0, 0.1) is 62.6 Å². The van der Waals surface area contributed by atoms with Crippen LogP contribution in [0.15, 0.2) is 11.6 Å². The van der Waals surface area contributed by atoms with Crippen LogP contribution in [-0.4, -0.2) is 127 Å². The fourth-order valence-corrected chi connectivity index (χ4v) is 15.4. The smallest absolute Gasteiger partial charge is 0.327 e. The molecule has 5 aliphatic carbocycles. The van der Waals surface area contributed by atoms with Crippen molar-refractivity contribution >= 4 is 53.5 Å². The lowest BCUT2D eigenvalue weighted by molar-refractivity contribution is -0.387. The number of carbonyl (C=O) groups excluding carboxylic acids is 9. The second-order valence-electron chi connectivity index (χ2n) is 27.6. The number of ether oxygens (including phenoxy) is 9. The fraction of sp³-hybridized carbons (Fsp3) is 0.820. The van der Waals surface area contributed by atoms with Crippen molar-refractivity contribution in [2.24, 2.45) is 62.6 Å². The summed E-state index contributed by atoms with van der Waals surface area (Å²) in [7, 11) is 0. The number of ketones is 1. The summed E-state index contributed by atoms with van der Waals surface area (Å²) < 4.78 is 55.9. The van der Waals surface area contributed by atoms with Crippen LogP contribution in [0.25, 0.3) is 0 Å². The van der Waals surface area contributed by atoms with Gasteiger partial charge in [-0.15, -0.1) is 16.4 Å². The molecule has 4 saturated carbocycles. The van der Waals surface area contributed by atoms with Gasteiger partial charge in [0.2, 0.25) is 6.29 Å². The van der Waals surface area contributed by atoms with Crippen LogP contribution in [0.1, 0.15) is 182 Å². The Hall–Kier alpha value is -5.11. The number of esters is 5. The zero-order chi connectivity index (χ0) is 63.3. The average Bonchev–Trinajstić information content (AvgIpc) is 0.684. The zero-order valence-electron chi connectivity index (χ0n) is 52.8. The summed E-state index contributed by atoms with van der Waals surface area (Å²) in [6.07, 6.45) is -9.55. The molecule has 6 fully saturated rings. The normalized spacial score (nSPS) is 39.3. The van der Waals surface area contributed by atoms with Crippen LogP contribution < -0.4 is 16.4 Å². The lowest BCUT2D eigenvalue weighted by Gasteiger charge is -2.70. The van der Waals surface area contributed by atoms with Crippen molar-refractivity contribution in [3.8, 4) is 0 Å². The number of nitrogens with one attached hydrogen (secondary N) is 3. The van der Waals surface area contributed by atoms with Gasteiger partial charge in [0.15, 0.2) is 61.2 Å². The first-order valence-electron chi connectivity index (χ1n) is 30.1. The third-order valence-electron chi connectivity index (χ3n) is 20.0. The summed E-state index contributed by atoms with van der Waals surface area (Å²) in [5, 5.41) is 0. The predicted molar refractivity (Wildman–Crippen MR) is 297 cm³/mol. The Kier molecular flexibility index (Phi) is 20.3. The molecule has 24 nitrogen and oxygen atoms in total. The SMILES string of the molecule is CC(=O)O[C@@H]1[C@@H](OC(C)=O)[C@H](O[C@H]2[C@H](O[C@H]3CC[C@]4(C)[C@H]5C(=O)C=C6[C@@H]7C[C@@](C)(NOC(=O)C(C)C)CC[C@]7(C)CC[C@@]6(C)[C@]5(C)CC[C@H]4C3(C)C)OC(NOC(=O)C(C)C)[C@@H](OC(C)=O)[C@@H]2OC(C)=O)OC(NOC(=O)C(C)C)[C@H]1OC(C)=O. The van der Waals surface area contributed by atoms with Gasteiger partial charge in [-0.1, -0.05) is 88.7 Å². The van der Waals surface area contributed by atoms with Crippen LogP contribution in [0.3, 0.4) is 0 Å². The summed E-state index contributed by atoms with van der Waals surface area (Å²) in [6, 6.07) is 0. The van der Waals surface area contributed by atoms with E-state index < -0.39 is 143 Å². The molecule has 24 heteroatoms. The molecule has 0 amide bonds. The Labute approximate surface area is 498 Å². The molecule has 2 saturated heterocycles. The van der Waals surface area contributed by atoms with Gasteiger partial charge in [-0.25, -0.2) is 0 Å². The van der Waals surface area contributed by atoms with Crippen LogP contribution in [0.5, 0.6) is 0 Å². The van der Waals surface area contributed by atoms with E-state index in [2.05, 4.69) is 64.9 Å². The number of carbonyl (C=O) groups is 9. The molecule has 7 rings (SSSR count). The Morgan fingerprint density at radius 2 is 0.976 bits per heavy atom. The number of hydrogen-bond acceptors (Lipinski definition) is 24.